The second-order valence-electron chi connectivity index (χ2n) is 6.97. The molecule has 0 atom stereocenters. The highest BCUT2D eigenvalue weighted by Crippen LogP contribution is 2.31. The molecule has 2 N–H and O–H groups in total. The van der Waals surface area contributed by atoms with Crippen LogP contribution in [0.3, 0.4) is 0 Å². The smallest absolute Gasteiger partial charge is 0.313 e. The monoisotopic (exact) mass is 476 g/mol. The van der Waals surface area contributed by atoms with Crippen molar-refractivity contribution < 1.29 is 9.21 Å². The molecule has 0 radical (unpaired) electrons. The summed E-state index contributed by atoms with van der Waals surface area (Å²) in [6.45, 7) is 4.61. The van der Waals surface area contributed by atoms with E-state index in [-0.39, 0.29) is 11.8 Å². The van der Waals surface area contributed by atoms with Gasteiger partial charge in [0.2, 0.25) is 5.89 Å². The summed E-state index contributed by atoms with van der Waals surface area (Å²) in [5, 5.41) is 9.71. The zero-order chi connectivity index (χ0) is 22.0. The maximum Gasteiger partial charge on any atom is 0.313 e. The van der Waals surface area contributed by atoms with Gasteiger partial charge in [-0.2, -0.15) is 0 Å². The number of aromatic nitrogens is 3. The van der Waals surface area contributed by atoms with Crippen LogP contribution in [0, 0.1) is 0 Å². The summed E-state index contributed by atoms with van der Waals surface area (Å²) >= 11 is 3.33. The van der Waals surface area contributed by atoms with E-state index < -0.39 is 0 Å². The van der Waals surface area contributed by atoms with E-state index in [1.54, 1.807) is 6.92 Å². The lowest BCUT2D eigenvalue weighted by atomic mass is 10.1. The zero-order valence-corrected chi connectivity index (χ0v) is 18.8. The average molecular weight is 477 g/mol. The number of hydrogen-bond donors (Lipinski definition) is 1. The van der Waals surface area contributed by atoms with Gasteiger partial charge in [0, 0.05) is 38.4 Å². The molecule has 0 aliphatic carbocycles. The molecule has 0 aliphatic rings. The van der Waals surface area contributed by atoms with Crippen molar-refractivity contribution in [2.75, 3.05) is 5.73 Å². The number of nitrogens with two attached hydrogens (primary N) is 1. The van der Waals surface area contributed by atoms with Gasteiger partial charge in [0.1, 0.15) is 0 Å². The minimum Gasteiger partial charge on any atom is -0.404 e. The number of carbonyl (C=O) groups is 1. The zero-order valence-electron chi connectivity index (χ0n) is 17.2. The molecule has 0 bridgehead atoms. The summed E-state index contributed by atoms with van der Waals surface area (Å²) in [7, 11) is 0. The third-order valence-corrected chi connectivity index (χ3v) is 5.55. The number of aryl methyl sites for hydroxylation is 1. The van der Waals surface area contributed by atoms with E-state index in [1.165, 1.54) is 16.3 Å². The number of rotatable bonds is 3. The molecule has 5 rings (SSSR count). The van der Waals surface area contributed by atoms with Gasteiger partial charge < -0.3 is 14.7 Å². The van der Waals surface area contributed by atoms with Crippen LogP contribution in [0.15, 0.2) is 75.6 Å². The number of para-hydroxylation sites is 2. The molecule has 3 aromatic carbocycles. The molecule has 0 fully saturated rings. The van der Waals surface area contributed by atoms with Crippen LogP contribution in [0.1, 0.15) is 24.2 Å². The van der Waals surface area contributed by atoms with Crippen molar-refractivity contribution in [2.24, 2.45) is 0 Å². The fourth-order valence-corrected chi connectivity index (χ4v) is 3.93. The van der Waals surface area contributed by atoms with E-state index in [0.29, 0.717) is 5.89 Å². The Morgan fingerprint density at radius 3 is 2.35 bits per heavy atom. The van der Waals surface area contributed by atoms with Gasteiger partial charge in [0.25, 0.3) is 0 Å². The average Bonchev–Trinajstić information content (AvgIpc) is 3.35. The Morgan fingerprint density at radius 2 is 1.71 bits per heavy atom. The molecular weight excluding hydrogens is 456 g/mol. The summed E-state index contributed by atoms with van der Waals surface area (Å²) in [5.74, 6) is 0.558. The highest BCUT2D eigenvalue weighted by Gasteiger charge is 2.14. The molecule has 156 valence electrons. The van der Waals surface area contributed by atoms with Crippen LogP contribution in [-0.2, 0) is 6.54 Å². The van der Waals surface area contributed by atoms with E-state index in [1.807, 2.05) is 48.5 Å². The number of nitrogen functional groups attached to an aromatic ring is 1. The SMILES string of the molecule is CCn1c2ccccc2c2cccc(C(C)=O)c21.Nc1nnc(-c2ccc(Br)cc2)o1. The van der Waals surface area contributed by atoms with Gasteiger partial charge in [-0.1, -0.05) is 51.4 Å². The third kappa shape index (κ3) is 4.09. The van der Waals surface area contributed by atoms with Crippen LogP contribution in [0.2, 0.25) is 0 Å². The lowest BCUT2D eigenvalue weighted by Gasteiger charge is -2.06. The second kappa shape index (κ2) is 8.73. The van der Waals surface area contributed by atoms with Crippen molar-refractivity contribution in [1.29, 1.82) is 0 Å². The fourth-order valence-electron chi connectivity index (χ4n) is 3.67. The van der Waals surface area contributed by atoms with E-state index in [2.05, 4.69) is 55.8 Å². The van der Waals surface area contributed by atoms with Gasteiger partial charge in [-0.05, 0) is 50.2 Å². The summed E-state index contributed by atoms with van der Waals surface area (Å²) in [4.78, 5) is 11.8. The summed E-state index contributed by atoms with van der Waals surface area (Å²) in [5.41, 5.74) is 9.22. The van der Waals surface area contributed by atoms with Crippen molar-refractivity contribution in [2.45, 2.75) is 20.4 Å². The van der Waals surface area contributed by atoms with Crippen molar-refractivity contribution >= 4 is 49.5 Å². The molecular formula is C24H21BrN4O2. The van der Waals surface area contributed by atoms with Crippen molar-refractivity contribution in [3.63, 3.8) is 0 Å². The Labute approximate surface area is 187 Å². The molecule has 0 aliphatic heterocycles. The van der Waals surface area contributed by atoms with Crippen molar-refractivity contribution in [3.05, 3.63) is 76.8 Å². The molecule has 31 heavy (non-hydrogen) atoms. The number of Topliss-reactive ketones (excluding diaryl/α,β-unsaturated/α-hetero) is 1. The molecule has 0 spiro atoms. The van der Waals surface area contributed by atoms with Gasteiger partial charge in [0.15, 0.2) is 5.78 Å². The van der Waals surface area contributed by atoms with Gasteiger partial charge in [-0.25, -0.2) is 0 Å². The molecule has 2 heterocycles. The van der Waals surface area contributed by atoms with Crippen LogP contribution in [-0.4, -0.2) is 20.5 Å². The predicted molar refractivity (Wildman–Crippen MR) is 127 cm³/mol. The minimum absolute atomic E-state index is 0.0814. The van der Waals surface area contributed by atoms with E-state index in [0.717, 1.165) is 27.7 Å². The Morgan fingerprint density at radius 1 is 1.00 bits per heavy atom. The van der Waals surface area contributed by atoms with Crippen molar-refractivity contribution in [1.82, 2.24) is 14.8 Å². The van der Waals surface area contributed by atoms with Gasteiger partial charge in [0.05, 0.1) is 5.52 Å². The van der Waals surface area contributed by atoms with Crippen LogP contribution >= 0.6 is 15.9 Å². The standard InChI is InChI=1S/C16H15NO.C8H6BrN3O/c1-3-17-15-10-5-4-7-13(15)14-9-6-8-12(11(2)18)16(14)17;9-6-3-1-5(2-4-6)7-11-12-8(10)13-7/h4-10H,3H2,1-2H3;1-4H,(H2,10,12). The number of hydrogen-bond acceptors (Lipinski definition) is 5. The Kier molecular flexibility index (Phi) is 5.86. The Balaban J connectivity index is 0.000000158. The first-order valence-corrected chi connectivity index (χ1v) is 10.6. The molecule has 0 saturated heterocycles. The highest BCUT2D eigenvalue weighted by molar-refractivity contribution is 9.10. The fraction of sp³-hybridized carbons (Fsp3) is 0.125. The lowest BCUT2D eigenvalue weighted by molar-refractivity contribution is 0.101. The van der Waals surface area contributed by atoms with E-state index in [4.69, 9.17) is 10.2 Å². The highest BCUT2D eigenvalue weighted by atomic mass is 79.9. The number of ketones is 1. The van der Waals surface area contributed by atoms with Crippen LogP contribution in [0.25, 0.3) is 33.3 Å². The van der Waals surface area contributed by atoms with Crippen molar-refractivity contribution in [3.8, 4) is 11.5 Å². The molecule has 0 saturated carbocycles. The molecule has 2 aromatic heterocycles. The summed E-state index contributed by atoms with van der Waals surface area (Å²) in [6, 6.07) is 21.9. The van der Waals surface area contributed by atoms with Gasteiger partial charge in [-0.3, -0.25) is 4.79 Å². The molecule has 5 aromatic rings. The predicted octanol–water partition coefficient (Wildman–Crippen LogP) is 6.10. The minimum atomic E-state index is 0.0814. The first-order valence-electron chi connectivity index (χ1n) is 9.85. The maximum absolute atomic E-state index is 11.8. The normalized spacial score (nSPS) is 10.8. The number of anilines is 1. The van der Waals surface area contributed by atoms with Gasteiger partial charge >= 0.3 is 6.01 Å². The van der Waals surface area contributed by atoms with Crippen LogP contribution in [0.5, 0.6) is 0 Å². The quantitative estimate of drug-likeness (QED) is 0.318. The number of fused-ring (bicyclic) bond motifs is 3. The molecule has 7 heteroatoms. The molecule has 0 amide bonds. The maximum atomic E-state index is 11.8. The van der Waals surface area contributed by atoms with Gasteiger partial charge in [-0.15, -0.1) is 5.10 Å². The van der Waals surface area contributed by atoms with Crippen LogP contribution < -0.4 is 5.73 Å². The van der Waals surface area contributed by atoms with E-state index >= 15 is 0 Å². The topological polar surface area (TPSA) is 86.9 Å². The Bertz CT molecular complexity index is 1370. The first kappa shape index (κ1) is 20.8. The molecule has 0 unspecified atom stereocenters. The number of benzene rings is 3. The summed E-state index contributed by atoms with van der Waals surface area (Å²) in [6.07, 6.45) is 0. The van der Waals surface area contributed by atoms with E-state index in [9.17, 15) is 4.79 Å². The third-order valence-electron chi connectivity index (χ3n) is 5.02. The first-order chi connectivity index (χ1) is 15.0. The summed E-state index contributed by atoms with van der Waals surface area (Å²) < 4.78 is 8.28. The van der Waals surface area contributed by atoms with Crippen LogP contribution in [0.4, 0.5) is 6.01 Å². The largest absolute Gasteiger partial charge is 0.404 e. The number of halogens is 1. The number of nitrogens with zero attached hydrogens (tertiary/aromatic N) is 3. The Hall–Kier alpha value is -3.45. The second-order valence-corrected chi connectivity index (χ2v) is 7.89. The molecule has 6 nitrogen and oxygen atoms in total. The lowest BCUT2D eigenvalue weighted by Crippen LogP contribution is -2.00. The number of carbonyl (C=O) groups excluding carboxylic acids is 1.